The predicted molar refractivity (Wildman–Crippen MR) is 126 cm³/mol. The van der Waals surface area contributed by atoms with Crippen LogP contribution in [0.3, 0.4) is 0 Å². The molecule has 2 aromatic heterocycles. The largest absolute Gasteiger partial charge is 0.379 e. The van der Waals surface area contributed by atoms with Gasteiger partial charge < -0.3 is 14.2 Å². The van der Waals surface area contributed by atoms with Crippen LogP contribution >= 0.6 is 0 Å². The summed E-state index contributed by atoms with van der Waals surface area (Å²) in [5, 5.41) is 0. The number of ether oxygens (including phenoxy) is 3. The predicted octanol–water partition coefficient (Wildman–Crippen LogP) is 6.22. The Morgan fingerprint density at radius 2 is 1.48 bits per heavy atom. The van der Waals surface area contributed by atoms with Gasteiger partial charge in [0.2, 0.25) is 0 Å². The fraction of sp³-hybridized carbons (Fsp3) is 0.615. The number of pyridine rings is 2. The van der Waals surface area contributed by atoms with E-state index in [1.165, 1.54) is 38.5 Å². The molecular weight excluding hydrogens is 388 g/mol. The van der Waals surface area contributed by atoms with Crippen molar-refractivity contribution in [3.63, 3.8) is 0 Å². The summed E-state index contributed by atoms with van der Waals surface area (Å²) < 4.78 is 17.9. The van der Waals surface area contributed by atoms with Gasteiger partial charge in [-0.2, -0.15) is 0 Å². The number of rotatable bonds is 18. The molecule has 0 aliphatic rings. The van der Waals surface area contributed by atoms with Crippen molar-refractivity contribution in [2.24, 2.45) is 0 Å². The summed E-state index contributed by atoms with van der Waals surface area (Å²) in [5.74, 6) is 0. The Morgan fingerprint density at radius 3 is 2.23 bits per heavy atom. The fourth-order valence-electron chi connectivity index (χ4n) is 3.28. The molecule has 0 aromatic carbocycles. The molecular formula is C26H40N2O3. The smallest absolute Gasteiger partial charge is 0.104 e. The van der Waals surface area contributed by atoms with Gasteiger partial charge in [-0.25, -0.2) is 4.98 Å². The summed E-state index contributed by atoms with van der Waals surface area (Å²) >= 11 is 0. The first-order chi connectivity index (χ1) is 15.3. The second-order valence-corrected chi connectivity index (χ2v) is 7.93. The van der Waals surface area contributed by atoms with Gasteiger partial charge in [-0.05, 0) is 37.1 Å². The Kier molecular flexibility index (Phi) is 13.8. The molecule has 0 aliphatic heterocycles. The summed E-state index contributed by atoms with van der Waals surface area (Å²) in [6.07, 6.45) is 11.4. The van der Waals surface area contributed by atoms with Crippen molar-refractivity contribution in [3.05, 3.63) is 48.3 Å². The van der Waals surface area contributed by atoms with Gasteiger partial charge in [-0.15, -0.1) is 0 Å². The van der Waals surface area contributed by atoms with Gasteiger partial charge in [0, 0.05) is 19.4 Å². The summed E-state index contributed by atoms with van der Waals surface area (Å²) in [6, 6.07) is 11.8. The van der Waals surface area contributed by atoms with Crippen LogP contribution in [0.15, 0.2) is 42.6 Å². The quantitative estimate of drug-likeness (QED) is 0.264. The van der Waals surface area contributed by atoms with Crippen LogP contribution in [-0.2, 0) is 20.8 Å². The average Bonchev–Trinajstić information content (AvgIpc) is 2.81. The summed E-state index contributed by atoms with van der Waals surface area (Å²) in [5.41, 5.74) is 2.63. The lowest BCUT2D eigenvalue weighted by Crippen LogP contribution is -2.26. The highest BCUT2D eigenvalue weighted by atomic mass is 16.6. The minimum atomic E-state index is -0.0354. The molecule has 0 N–H and O–H groups in total. The average molecular weight is 429 g/mol. The second kappa shape index (κ2) is 16.8. The van der Waals surface area contributed by atoms with Crippen LogP contribution in [0.1, 0.15) is 70.9 Å². The van der Waals surface area contributed by atoms with Crippen molar-refractivity contribution in [2.75, 3.05) is 26.4 Å². The van der Waals surface area contributed by atoms with Gasteiger partial charge in [0.05, 0.1) is 36.9 Å². The van der Waals surface area contributed by atoms with Gasteiger partial charge in [-0.1, -0.05) is 64.5 Å². The number of hydrogen-bond acceptors (Lipinski definition) is 5. The Hall–Kier alpha value is -1.82. The molecule has 0 bridgehead atoms. The zero-order chi connectivity index (χ0) is 22.0. The van der Waals surface area contributed by atoms with Crippen molar-refractivity contribution in [1.29, 1.82) is 0 Å². The number of aromatic nitrogens is 2. The molecule has 2 rings (SSSR count). The number of unbranched alkanes of at least 4 members (excludes halogenated alkanes) is 6. The van der Waals surface area contributed by atoms with E-state index < -0.39 is 0 Å². The third kappa shape index (κ3) is 11.4. The fourth-order valence-corrected chi connectivity index (χ4v) is 3.28. The van der Waals surface area contributed by atoms with Crippen molar-refractivity contribution >= 4 is 0 Å². The lowest BCUT2D eigenvalue weighted by molar-refractivity contribution is -0.0648. The highest BCUT2D eigenvalue weighted by Gasteiger charge is 2.11. The minimum absolute atomic E-state index is 0.0354. The van der Waals surface area contributed by atoms with Gasteiger partial charge in [0.1, 0.15) is 6.10 Å². The van der Waals surface area contributed by atoms with E-state index in [1.807, 2.05) is 36.4 Å². The third-order valence-corrected chi connectivity index (χ3v) is 5.09. The molecule has 2 aromatic rings. The van der Waals surface area contributed by atoms with Crippen molar-refractivity contribution in [2.45, 2.75) is 77.9 Å². The Balaban J connectivity index is 1.76. The molecule has 0 aliphatic carbocycles. The Morgan fingerprint density at radius 1 is 0.742 bits per heavy atom. The monoisotopic (exact) mass is 428 g/mol. The highest BCUT2D eigenvalue weighted by Crippen LogP contribution is 2.14. The lowest BCUT2D eigenvalue weighted by Gasteiger charge is -2.18. The van der Waals surface area contributed by atoms with Crippen LogP contribution in [0, 0.1) is 0 Å². The topological polar surface area (TPSA) is 53.5 Å². The highest BCUT2D eigenvalue weighted by molar-refractivity contribution is 5.53. The minimum Gasteiger partial charge on any atom is -0.379 e. The molecule has 0 saturated heterocycles. The van der Waals surface area contributed by atoms with Crippen LogP contribution in [0.5, 0.6) is 0 Å². The Bertz CT molecular complexity index is 681. The van der Waals surface area contributed by atoms with Crippen LogP contribution in [0.2, 0.25) is 0 Å². The maximum atomic E-state index is 6.07. The summed E-state index contributed by atoms with van der Waals surface area (Å²) in [7, 11) is 0. The first-order valence-electron chi connectivity index (χ1n) is 12.0. The van der Waals surface area contributed by atoms with Crippen molar-refractivity contribution in [1.82, 2.24) is 9.97 Å². The molecule has 0 amide bonds. The van der Waals surface area contributed by atoms with E-state index in [-0.39, 0.29) is 6.10 Å². The number of nitrogens with zero attached hydrogens (tertiary/aromatic N) is 2. The molecule has 31 heavy (non-hydrogen) atoms. The van der Waals surface area contributed by atoms with E-state index in [4.69, 9.17) is 14.2 Å². The van der Waals surface area contributed by atoms with E-state index in [2.05, 4.69) is 23.8 Å². The molecule has 0 spiro atoms. The van der Waals surface area contributed by atoms with Crippen LogP contribution in [0.4, 0.5) is 0 Å². The van der Waals surface area contributed by atoms with Crippen LogP contribution < -0.4 is 0 Å². The van der Waals surface area contributed by atoms with Gasteiger partial charge >= 0.3 is 0 Å². The molecule has 5 nitrogen and oxygen atoms in total. The molecule has 5 heteroatoms. The molecule has 1 atom stereocenters. The van der Waals surface area contributed by atoms with Gasteiger partial charge in [0.25, 0.3) is 0 Å². The zero-order valence-electron chi connectivity index (χ0n) is 19.4. The summed E-state index contributed by atoms with van der Waals surface area (Å²) in [6.45, 7) is 7.55. The molecule has 172 valence electrons. The molecule has 0 fully saturated rings. The van der Waals surface area contributed by atoms with Crippen LogP contribution in [0.25, 0.3) is 11.4 Å². The number of hydrogen-bond donors (Lipinski definition) is 0. The lowest BCUT2D eigenvalue weighted by atomic mass is 10.2. The SMILES string of the molecule is CCCCCCOC[C@H](COCc1cccc(-c2ccccn2)n1)OCCCCCC. The van der Waals surface area contributed by atoms with Gasteiger partial charge in [-0.3, -0.25) is 4.98 Å². The molecule has 0 unspecified atom stereocenters. The normalized spacial score (nSPS) is 12.2. The maximum Gasteiger partial charge on any atom is 0.104 e. The third-order valence-electron chi connectivity index (χ3n) is 5.09. The second-order valence-electron chi connectivity index (χ2n) is 7.93. The van der Waals surface area contributed by atoms with Gasteiger partial charge in [0.15, 0.2) is 0 Å². The van der Waals surface area contributed by atoms with E-state index in [0.29, 0.717) is 19.8 Å². The van der Waals surface area contributed by atoms with Crippen molar-refractivity contribution in [3.8, 4) is 11.4 Å². The molecule has 2 heterocycles. The van der Waals surface area contributed by atoms with E-state index >= 15 is 0 Å². The maximum absolute atomic E-state index is 6.07. The standard InChI is InChI=1S/C26H40N2O3/c1-3-5-7-11-18-29-21-24(31-19-12-8-6-4-2)22-30-20-23-14-13-16-26(28-23)25-15-9-10-17-27-25/h9-10,13-17,24H,3-8,11-12,18-22H2,1-2H3/t24-/m1/s1. The van der Waals surface area contributed by atoms with E-state index in [9.17, 15) is 0 Å². The zero-order valence-corrected chi connectivity index (χ0v) is 19.4. The molecule has 0 saturated carbocycles. The Labute approximate surface area is 188 Å². The van der Waals surface area contributed by atoms with E-state index in [1.54, 1.807) is 6.20 Å². The van der Waals surface area contributed by atoms with E-state index in [0.717, 1.165) is 43.1 Å². The van der Waals surface area contributed by atoms with Crippen LogP contribution in [-0.4, -0.2) is 42.5 Å². The summed E-state index contributed by atoms with van der Waals surface area (Å²) in [4.78, 5) is 9.05. The van der Waals surface area contributed by atoms with Crippen molar-refractivity contribution < 1.29 is 14.2 Å². The molecule has 0 radical (unpaired) electrons. The first-order valence-corrected chi connectivity index (χ1v) is 12.0. The first kappa shape index (κ1) is 25.4.